The first-order chi connectivity index (χ1) is 15.1. The number of Topliss-reactive ketones (excluding diaryl/α,β-unsaturated/α-hetero) is 1. The van der Waals surface area contributed by atoms with Gasteiger partial charge in [0, 0.05) is 35.3 Å². The number of allylic oxidation sites excluding steroid dienone is 1. The fourth-order valence-corrected chi connectivity index (χ4v) is 5.81. The van der Waals surface area contributed by atoms with E-state index in [0.717, 1.165) is 40.3 Å². The molecule has 0 N–H and O–H groups in total. The lowest BCUT2D eigenvalue weighted by atomic mass is 9.90. The molecule has 162 valence electrons. The van der Waals surface area contributed by atoms with Crippen LogP contribution in [0.3, 0.4) is 0 Å². The fourth-order valence-electron chi connectivity index (χ4n) is 4.87. The van der Waals surface area contributed by atoms with Gasteiger partial charge in [-0.05, 0) is 56.5 Å². The number of hydrogen-bond acceptors (Lipinski definition) is 5. The Hall–Kier alpha value is -2.44. The van der Waals surface area contributed by atoms with Gasteiger partial charge >= 0.3 is 0 Å². The van der Waals surface area contributed by atoms with Gasteiger partial charge in [-0.25, -0.2) is 0 Å². The van der Waals surface area contributed by atoms with Gasteiger partial charge in [-0.3, -0.25) is 14.5 Å². The summed E-state index contributed by atoms with van der Waals surface area (Å²) in [5, 5.41) is 1.92. The number of fused-ring (bicyclic) bond motifs is 1. The van der Waals surface area contributed by atoms with Gasteiger partial charge in [-0.15, -0.1) is 11.3 Å². The second-order valence-corrected chi connectivity index (χ2v) is 9.81. The molecule has 0 unspecified atom stereocenters. The minimum atomic E-state index is -0.313. The molecule has 2 fully saturated rings. The third-order valence-electron chi connectivity index (χ3n) is 6.64. The predicted octanol–water partition coefficient (Wildman–Crippen LogP) is 4.56. The summed E-state index contributed by atoms with van der Waals surface area (Å²) in [7, 11) is 0. The molecule has 0 radical (unpaired) electrons. The van der Waals surface area contributed by atoms with Crippen LogP contribution in [0.5, 0.6) is 5.75 Å². The van der Waals surface area contributed by atoms with Crippen molar-refractivity contribution in [2.24, 2.45) is 0 Å². The smallest absolute Gasteiger partial charge is 0.255 e. The number of hydrogen-bond donors (Lipinski definition) is 0. The van der Waals surface area contributed by atoms with Crippen LogP contribution in [0.2, 0.25) is 0 Å². The van der Waals surface area contributed by atoms with Crippen molar-refractivity contribution in [3.05, 3.63) is 63.4 Å². The number of amides is 1. The van der Waals surface area contributed by atoms with E-state index in [4.69, 9.17) is 4.74 Å². The average molecular weight is 437 g/mol. The number of ketones is 1. The van der Waals surface area contributed by atoms with E-state index in [1.165, 1.54) is 31.5 Å². The molecule has 2 aromatic rings. The lowest BCUT2D eigenvalue weighted by molar-refractivity contribution is -0.124. The highest BCUT2D eigenvalue weighted by Gasteiger charge is 2.39. The molecule has 1 aliphatic carbocycles. The van der Waals surface area contributed by atoms with Gasteiger partial charge in [0.25, 0.3) is 5.91 Å². The van der Waals surface area contributed by atoms with Crippen LogP contribution in [0, 0.1) is 0 Å². The van der Waals surface area contributed by atoms with Gasteiger partial charge in [0.15, 0.2) is 5.78 Å². The normalized spacial score (nSPS) is 21.7. The molecule has 0 spiro atoms. The molecule has 3 aliphatic rings. The van der Waals surface area contributed by atoms with Crippen LogP contribution in [0.4, 0.5) is 0 Å². The Kier molecular flexibility index (Phi) is 5.67. The van der Waals surface area contributed by atoms with Gasteiger partial charge in [0.1, 0.15) is 12.4 Å². The Labute approximate surface area is 187 Å². The van der Waals surface area contributed by atoms with E-state index in [0.29, 0.717) is 26.0 Å². The molecule has 6 heteroatoms. The van der Waals surface area contributed by atoms with Gasteiger partial charge in [0.05, 0.1) is 11.6 Å². The van der Waals surface area contributed by atoms with Crippen molar-refractivity contribution in [3.8, 4) is 5.75 Å². The van der Waals surface area contributed by atoms with Crippen LogP contribution in [-0.4, -0.2) is 40.6 Å². The topological polar surface area (TPSA) is 49.9 Å². The Morgan fingerprint density at radius 2 is 1.90 bits per heavy atom. The quantitative estimate of drug-likeness (QED) is 0.623. The van der Waals surface area contributed by atoms with E-state index in [1.54, 1.807) is 16.2 Å². The number of benzene rings is 1. The van der Waals surface area contributed by atoms with E-state index in [2.05, 4.69) is 23.6 Å². The summed E-state index contributed by atoms with van der Waals surface area (Å²) >= 11 is 1.57. The Bertz CT molecular complexity index is 1000. The molecule has 31 heavy (non-hydrogen) atoms. The van der Waals surface area contributed by atoms with Crippen molar-refractivity contribution in [1.29, 1.82) is 0 Å². The minimum absolute atomic E-state index is 0.0189. The number of ether oxygens (including phenoxy) is 1. The lowest BCUT2D eigenvalue weighted by Crippen LogP contribution is -2.43. The molecule has 2 aliphatic heterocycles. The zero-order valence-corrected chi connectivity index (χ0v) is 18.6. The van der Waals surface area contributed by atoms with Crippen molar-refractivity contribution in [1.82, 2.24) is 9.80 Å². The summed E-state index contributed by atoms with van der Waals surface area (Å²) < 4.78 is 6.04. The van der Waals surface area contributed by atoms with Crippen LogP contribution in [0.15, 0.2) is 41.8 Å². The molecule has 5 nitrogen and oxygen atoms in total. The second kappa shape index (κ2) is 8.60. The highest BCUT2D eigenvalue weighted by molar-refractivity contribution is 7.10. The van der Waals surface area contributed by atoms with Gasteiger partial charge in [-0.2, -0.15) is 0 Å². The van der Waals surface area contributed by atoms with Gasteiger partial charge in [-0.1, -0.05) is 24.3 Å². The van der Waals surface area contributed by atoms with E-state index < -0.39 is 0 Å². The van der Waals surface area contributed by atoms with Crippen molar-refractivity contribution >= 4 is 23.0 Å². The molecule has 5 rings (SSSR count). The highest BCUT2D eigenvalue weighted by atomic mass is 32.1. The molecule has 1 saturated heterocycles. The van der Waals surface area contributed by atoms with Crippen molar-refractivity contribution < 1.29 is 14.3 Å². The average Bonchev–Trinajstić information content (AvgIpc) is 3.47. The summed E-state index contributed by atoms with van der Waals surface area (Å²) in [5.74, 6) is 0.939. The Balaban J connectivity index is 1.21. The van der Waals surface area contributed by atoms with Gasteiger partial charge in [0.2, 0.25) is 0 Å². The molecule has 0 bridgehead atoms. The predicted molar refractivity (Wildman–Crippen MR) is 121 cm³/mol. The Morgan fingerprint density at radius 3 is 2.65 bits per heavy atom. The molecule has 1 amide bonds. The number of likely N-dealkylation sites (tertiary alicyclic amines) is 1. The standard InChI is InChI=1S/C25H28N2O3S/c1-17-4-9-22(23(28)12-17)27-14-20-21(25(27)29)16-31-24(20)15-30-19-7-5-18(6-8-19)13-26-10-2-3-11-26/h5-8,16,22H,1-4,9-15H2/t22-/m0/s1. The number of carbonyl (C=O) groups is 2. The molecular weight excluding hydrogens is 408 g/mol. The first kappa shape index (κ1) is 20.5. The van der Waals surface area contributed by atoms with Crippen molar-refractivity contribution in [3.63, 3.8) is 0 Å². The maximum absolute atomic E-state index is 12.9. The summed E-state index contributed by atoms with van der Waals surface area (Å²) in [6.45, 7) is 8.28. The van der Waals surface area contributed by atoms with E-state index in [1.807, 2.05) is 17.5 Å². The van der Waals surface area contributed by atoms with Crippen LogP contribution >= 0.6 is 11.3 Å². The molecule has 1 aromatic heterocycles. The maximum atomic E-state index is 12.9. The van der Waals surface area contributed by atoms with Crippen LogP contribution in [-0.2, 0) is 24.5 Å². The van der Waals surface area contributed by atoms with Crippen LogP contribution in [0.25, 0.3) is 0 Å². The maximum Gasteiger partial charge on any atom is 0.255 e. The fraction of sp³-hybridized carbons (Fsp3) is 0.440. The minimum Gasteiger partial charge on any atom is -0.488 e. The zero-order valence-electron chi connectivity index (χ0n) is 17.8. The molecular formula is C25H28N2O3S. The van der Waals surface area contributed by atoms with Crippen LogP contribution in [0.1, 0.15) is 58.5 Å². The second-order valence-electron chi connectivity index (χ2n) is 8.85. The number of carbonyl (C=O) groups excluding carboxylic acids is 2. The number of nitrogens with zero attached hydrogens (tertiary/aromatic N) is 2. The number of rotatable bonds is 6. The Morgan fingerprint density at radius 1 is 1.13 bits per heavy atom. The summed E-state index contributed by atoms with van der Waals surface area (Å²) in [5.41, 5.74) is 4.05. The zero-order chi connectivity index (χ0) is 21.4. The highest BCUT2D eigenvalue weighted by Crippen LogP contribution is 2.36. The largest absolute Gasteiger partial charge is 0.488 e. The van der Waals surface area contributed by atoms with Crippen LogP contribution < -0.4 is 4.74 Å². The molecule has 3 heterocycles. The monoisotopic (exact) mass is 436 g/mol. The van der Waals surface area contributed by atoms with E-state index in [-0.39, 0.29) is 17.7 Å². The van der Waals surface area contributed by atoms with Crippen molar-refractivity contribution in [2.75, 3.05) is 13.1 Å². The molecule has 1 aromatic carbocycles. The first-order valence-electron chi connectivity index (χ1n) is 11.1. The summed E-state index contributed by atoms with van der Waals surface area (Å²) in [6.07, 6.45) is 4.50. The summed E-state index contributed by atoms with van der Waals surface area (Å²) in [6, 6.07) is 8.03. The van der Waals surface area contributed by atoms with Crippen molar-refractivity contribution in [2.45, 2.75) is 57.8 Å². The SMILES string of the molecule is C=C1CC[C@H](N2Cc3c(csc3COc3ccc(CN4CCCC4)cc3)C2=O)C(=O)C1. The number of thiophene rings is 1. The third kappa shape index (κ3) is 4.19. The van der Waals surface area contributed by atoms with E-state index in [9.17, 15) is 9.59 Å². The molecule has 1 saturated carbocycles. The summed E-state index contributed by atoms with van der Waals surface area (Å²) in [4.78, 5) is 30.7. The lowest BCUT2D eigenvalue weighted by Gasteiger charge is -2.30. The van der Waals surface area contributed by atoms with E-state index >= 15 is 0 Å². The molecule has 1 atom stereocenters. The first-order valence-corrected chi connectivity index (χ1v) is 12.0. The van der Waals surface area contributed by atoms with Gasteiger partial charge < -0.3 is 9.64 Å². The third-order valence-corrected chi connectivity index (χ3v) is 7.64.